The van der Waals surface area contributed by atoms with Gasteiger partial charge in [-0.3, -0.25) is 0 Å². The Hall–Kier alpha value is -2.03. The van der Waals surface area contributed by atoms with Crippen molar-refractivity contribution in [3.63, 3.8) is 0 Å². The first-order chi connectivity index (χ1) is 8.22. The van der Waals surface area contributed by atoms with Crippen molar-refractivity contribution < 1.29 is 4.74 Å². The molecule has 17 heavy (non-hydrogen) atoms. The van der Waals surface area contributed by atoms with Gasteiger partial charge in [0.2, 0.25) is 0 Å². The Kier molecular flexibility index (Phi) is 3.28. The Bertz CT molecular complexity index is 523. The molecular formula is C14H16N2O. The molecule has 0 radical (unpaired) electrons. The molecule has 2 rings (SSSR count). The Labute approximate surface area is 101 Å². The molecule has 0 bridgehead atoms. The van der Waals surface area contributed by atoms with E-state index in [1.165, 1.54) is 0 Å². The van der Waals surface area contributed by atoms with E-state index < -0.39 is 0 Å². The van der Waals surface area contributed by atoms with Crippen LogP contribution in [0.15, 0.2) is 36.5 Å². The van der Waals surface area contributed by atoms with E-state index in [0.717, 1.165) is 22.4 Å². The quantitative estimate of drug-likeness (QED) is 0.878. The summed E-state index contributed by atoms with van der Waals surface area (Å²) in [6, 6.07) is 9.83. The minimum Gasteiger partial charge on any atom is -0.493 e. The monoisotopic (exact) mass is 228 g/mol. The molecular weight excluding hydrogens is 212 g/mol. The summed E-state index contributed by atoms with van der Waals surface area (Å²) >= 11 is 0. The molecule has 0 fully saturated rings. The number of nitrogens with two attached hydrogens (primary N) is 1. The highest BCUT2D eigenvalue weighted by atomic mass is 16.5. The molecule has 0 aliphatic heterocycles. The first kappa shape index (κ1) is 11.5. The topological polar surface area (TPSA) is 48.1 Å². The number of aromatic nitrogens is 1. The van der Waals surface area contributed by atoms with Crippen LogP contribution in [0.3, 0.4) is 0 Å². The number of hydrogen-bond donors (Lipinski definition) is 1. The number of rotatable bonds is 3. The Morgan fingerprint density at radius 1 is 1.24 bits per heavy atom. The zero-order valence-corrected chi connectivity index (χ0v) is 10.1. The molecule has 0 saturated carbocycles. The molecule has 1 heterocycles. The van der Waals surface area contributed by atoms with Crippen molar-refractivity contribution in [2.75, 3.05) is 12.3 Å². The average Bonchev–Trinajstić information content (AvgIpc) is 2.31. The summed E-state index contributed by atoms with van der Waals surface area (Å²) < 4.78 is 5.62. The molecule has 0 atom stereocenters. The van der Waals surface area contributed by atoms with E-state index in [0.29, 0.717) is 12.4 Å². The number of anilines is 1. The maximum atomic E-state index is 5.66. The number of pyridine rings is 1. The lowest BCUT2D eigenvalue weighted by Crippen LogP contribution is -1.96. The van der Waals surface area contributed by atoms with Gasteiger partial charge in [-0.2, -0.15) is 0 Å². The first-order valence-electron chi connectivity index (χ1n) is 5.66. The molecule has 88 valence electrons. The summed E-state index contributed by atoms with van der Waals surface area (Å²) in [6.07, 6.45) is 1.79. The van der Waals surface area contributed by atoms with Crippen LogP contribution in [0.5, 0.6) is 5.75 Å². The van der Waals surface area contributed by atoms with Crippen LogP contribution in [0.2, 0.25) is 0 Å². The van der Waals surface area contributed by atoms with Gasteiger partial charge >= 0.3 is 0 Å². The number of hydrogen-bond acceptors (Lipinski definition) is 3. The second-order valence-corrected chi connectivity index (χ2v) is 3.85. The number of ether oxygens (including phenoxy) is 1. The largest absolute Gasteiger partial charge is 0.493 e. The Morgan fingerprint density at radius 3 is 2.71 bits per heavy atom. The van der Waals surface area contributed by atoms with Crippen LogP contribution < -0.4 is 10.5 Å². The van der Waals surface area contributed by atoms with Gasteiger partial charge in [-0.1, -0.05) is 18.2 Å². The fraction of sp³-hybridized carbons (Fsp3) is 0.214. The van der Waals surface area contributed by atoms with E-state index >= 15 is 0 Å². The van der Waals surface area contributed by atoms with Crippen molar-refractivity contribution in [1.82, 2.24) is 4.98 Å². The van der Waals surface area contributed by atoms with Gasteiger partial charge in [-0.15, -0.1) is 0 Å². The summed E-state index contributed by atoms with van der Waals surface area (Å²) in [4.78, 5) is 4.14. The molecule has 0 aliphatic carbocycles. The maximum absolute atomic E-state index is 5.66. The maximum Gasteiger partial charge on any atom is 0.127 e. The minimum absolute atomic E-state index is 0.542. The number of nitrogens with zero attached hydrogens (tertiary/aromatic N) is 1. The second-order valence-electron chi connectivity index (χ2n) is 3.85. The van der Waals surface area contributed by atoms with Gasteiger partial charge in [-0.25, -0.2) is 4.98 Å². The lowest BCUT2D eigenvalue weighted by atomic mass is 10.0. The Balaban J connectivity index is 2.52. The second kappa shape index (κ2) is 4.87. The van der Waals surface area contributed by atoms with Gasteiger partial charge < -0.3 is 10.5 Å². The molecule has 1 aromatic carbocycles. The molecule has 3 heteroatoms. The molecule has 3 nitrogen and oxygen atoms in total. The molecule has 1 aromatic heterocycles. The molecule has 0 saturated heterocycles. The standard InChI is InChI=1S/C14H16N2O/c1-3-17-13-7-5-4-6-11(13)12-9-16-14(15)8-10(12)2/h4-9H,3H2,1-2H3,(H2,15,16). The van der Waals surface area contributed by atoms with E-state index in [9.17, 15) is 0 Å². The third-order valence-electron chi connectivity index (χ3n) is 2.61. The van der Waals surface area contributed by atoms with Crippen molar-refractivity contribution in [3.05, 3.63) is 42.1 Å². The van der Waals surface area contributed by atoms with Crippen LogP contribution in [-0.2, 0) is 0 Å². The van der Waals surface area contributed by atoms with Crippen molar-refractivity contribution in [1.29, 1.82) is 0 Å². The summed E-state index contributed by atoms with van der Waals surface area (Å²) in [5.74, 6) is 1.42. The summed E-state index contributed by atoms with van der Waals surface area (Å²) in [7, 11) is 0. The highest BCUT2D eigenvalue weighted by Gasteiger charge is 2.08. The van der Waals surface area contributed by atoms with E-state index in [4.69, 9.17) is 10.5 Å². The zero-order valence-electron chi connectivity index (χ0n) is 10.1. The predicted octanol–water partition coefficient (Wildman–Crippen LogP) is 3.04. The molecule has 0 spiro atoms. The van der Waals surface area contributed by atoms with Gasteiger partial charge in [0, 0.05) is 17.3 Å². The highest BCUT2D eigenvalue weighted by molar-refractivity contribution is 5.73. The van der Waals surface area contributed by atoms with Gasteiger partial charge in [-0.05, 0) is 31.5 Å². The molecule has 2 aromatic rings. The van der Waals surface area contributed by atoms with Crippen molar-refractivity contribution >= 4 is 5.82 Å². The zero-order chi connectivity index (χ0) is 12.3. The van der Waals surface area contributed by atoms with E-state index in [1.54, 1.807) is 6.20 Å². The van der Waals surface area contributed by atoms with Crippen molar-refractivity contribution in [2.24, 2.45) is 0 Å². The van der Waals surface area contributed by atoms with Gasteiger partial charge in [0.1, 0.15) is 11.6 Å². The number of aryl methyl sites for hydroxylation is 1. The third kappa shape index (κ3) is 2.38. The van der Waals surface area contributed by atoms with Crippen LogP contribution >= 0.6 is 0 Å². The predicted molar refractivity (Wildman–Crippen MR) is 70.0 cm³/mol. The van der Waals surface area contributed by atoms with Gasteiger partial charge in [0.05, 0.1) is 6.61 Å². The van der Waals surface area contributed by atoms with Crippen LogP contribution in [0.4, 0.5) is 5.82 Å². The lowest BCUT2D eigenvalue weighted by molar-refractivity contribution is 0.341. The summed E-state index contributed by atoms with van der Waals surface area (Å²) in [5.41, 5.74) is 8.88. The van der Waals surface area contributed by atoms with Gasteiger partial charge in [0.25, 0.3) is 0 Å². The van der Waals surface area contributed by atoms with Crippen LogP contribution in [0.25, 0.3) is 11.1 Å². The van der Waals surface area contributed by atoms with Gasteiger partial charge in [0.15, 0.2) is 0 Å². The molecule has 0 unspecified atom stereocenters. The SMILES string of the molecule is CCOc1ccccc1-c1cnc(N)cc1C. The first-order valence-corrected chi connectivity index (χ1v) is 5.66. The van der Waals surface area contributed by atoms with Crippen LogP contribution in [-0.4, -0.2) is 11.6 Å². The van der Waals surface area contributed by atoms with E-state index in [2.05, 4.69) is 4.98 Å². The van der Waals surface area contributed by atoms with Crippen molar-refractivity contribution in [3.8, 4) is 16.9 Å². The summed E-state index contributed by atoms with van der Waals surface area (Å²) in [6.45, 7) is 4.65. The fourth-order valence-corrected chi connectivity index (χ4v) is 1.83. The van der Waals surface area contributed by atoms with Crippen molar-refractivity contribution in [2.45, 2.75) is 13.8 Å². The number of nitrogen functional groups attached to an aromatic ring is 1. The molecule has 0 amide bonds. The minimum atomic E-state index is 0.542. The van der Waals surface area contributed by atoms with Crippen LogP contribution in [0, 0.1) is 6.92 Å². The normalized spacial score (nSPS) is 10.2. The fourth-order valence-electron chi connectivity index (χ4n) is 1.83. The van der Waals surface area contributed by atoms with E-state index in [-0.39, 0.29) is 0 Å². The smallest absolute Gasteiger partial charge is 0.127 e. The van der Waals surface area contributed by atoms with E-state index in [1.807, 2.05) is 44.2 Å². The third-order valence-corrected chi connectivity index (χ3v) is 2.61. The number of para-hydroxylation sites is 1. The number of benzene rings is 1. The van der Waals surface area contributed by atoms with Crippen LogP contribution in [0.1, 0.15) is 12.5 Å². The molecule has 2 N–H and O–H groups in total. The summed E-state index contributed by atoms with van der Waals surface area (Å²) in [5, 5.41) is 0. The Morgan fingerprint density at radius 2 is 2.00 bits per heavy atom. The highest BCUT2D eigenvalue weighted by Crippen LogP contribution is 2.31. The average molecular weight is 228 g/mol. The lowest BCUT2D eigenvalue weighted by Gasteiger charge is -2.12. The molecule has 0 aliphatic rings.